The fraction of sp³-hybridized carbons (Fsp3) is 0.562. The number of amides is 1. The summed E-state index contributed by atoms with van der Waals surface area (Å²) in [6, 6.07) is 7.39. The van der Waals surface area contributed by atoms with Crippen molar-refractivity contribution in [2.24, 2.45) is 0 Å². The van der Waals surface area contributed by atoms with E-state index in [9.17, 15) is 4.79 Å². The van der Waals surface area contributed by atoms with Gasteiger partial charge in [-0.15, -0.1) is 0 Å². The lowest BCUT2D eigenvalue weighted by molar-refractivity contribution is -0.129. The third-order valence-electron chi connectivity index (χ3n) is 2.95. The molecule has 0 saturated carbocycles. The van der Waals surface area contributed by atoms with Gasteiger partial charge in [0.25, 0.3) is 0 Å². The largest absolute Gasteiger partial charge is 0.497 e. The molecule has 0 bridgehead atoms. The van der Waals surface area contributed by atoms with Gasteiger partial charge in [0.1, 0.15) is 18.1 Å². The minimum absolute atomic E-state index is 0.0586. The Hall–Kier alpha value is -1.75. The molecule has 0 aromatic heterocycles. The van der Waals surface area contributed by atoms with Crippen LogP contribution in [0.5, 0.6) is 11.5 Å². The highest BCUT2D eigenvalue weighted by molar-refractivity contribution is 5.78. The lowest BCUT2D eigenvalue weighted by Gasteiger charge is -2.23. The Labute approximate surface area is 127 Å². The normalized spacial score (nSPS) is 11.1. The number of methoxy groups -OCH3 is 1. The number of nitrogens with one attached hydrogen (secondary N) is 1. The number of hydrogen-bond acceptors (Lipinski definition) is 4. The van der Waals surface area contributed by atoms with E-state index in [1.165, 1.54) is 0 Å². The third-order valence-corrected chi connectivity index (χ3v) is 2.95. The van der Waals surface area contributed by atoms with Crippen molar-refractivity contribution in [3.63, 3.8) is 0 Å². The van der Waals surface area contributed by atoms with Crippen molar-refractivity contribution in [3.8, 4) is 11.5 Å². The van der Waals surface area contributed by atoms with Gasteiger partial charge in [-0.1, -0.05) is 0 Å². The number of benzene rings is 1. The monoisotopic (exact) mass is 294 g/mol. The van der Waals surface area contributed by atoms with E-state index in [-0.39, 0.29) is 11.4 Å². The van der Waals surface area contributed by atoms with Gasteiger partial charge in [0.2, 0.25) is 5.91 Å². The Kier molecular flexibility index (Phi) is 6.49. The molecule has 1 amide bonds. The maximum atomic E-state index is 11.9. The van der Waals surface area contributed by atoms with E-state index < -0.39 is 0 Å². The van der Waals surface area contributed by atoms with Crippen LogP contribution in [0.4, 0.5) is 0 Å². The standard InChI is InChI=1S/C16H26N2O3/c1-16(2,3)17-12-15(19)18(4)10-11-21-14-8-6-13(20-5)7-9-14/h6-9,17H,10-12H2,1-5H3. The van der Waals surface area contributed by atoms with E-state index in [1.54, 1.807) is 19.1 Å². The average Bonchev–Trinajstić information content (AvgIpc) is 2.44. The van der Waals surface area contributed by atoms with Crippen molar-refractivity contribution in [2.45, 2.75) is 26.3 Å². The molecule has 5 heteroatoms. The Bertz CT molecular complexity index is 438. The molecule has 0 aliphatic rings. The molecule has 118 valence electrons. The van der Waals surface area contributed by atoms with Crippen LogP contribution in [0, 0.1) is 0 Å². The molecule has 5 nitrogen and oxygen atoms in total. The summed E-state index contributed by atoms with van der Waals surface area (Å²) in [4.78, 5) is 13.6. The molecule has 1 N–H and O–H groups in total. The van der Waals surface area contributed by atoms with Crippen molar-refractivity contribution < 1.29 is 14.3 Å². The first kappa shape index (κ1) is 17.3. The molecule has 0 atom stereocenters. The highest BCUT2D eigenvalue weighted by atomic mass is 16.5. The molecule has 1 aromatic carbocycles. The van der Waals surface area contributed by atoms with E-state index >= 15 is 0 Å². The Morgan fingerprint density at radius 1 is 1.19 bits per heavy atom. The summed E-state index contributed by atoms with van der Waals surface area (Å²) in [5.41, 5.74) is -0.0594. The summed E-state index contributed by atoms with van der Waals surface area (Å²) in [6.07, 6.45) is 0. The van der Waals surface area contributed by atoms with Gasteiger partial charge in [-0.3, -0.25) is 4.79 Å². The molecule has 1 rings (SSSR count). The number of nitrogens with zero attached hydrogens (tertiary/aromatic N) is 1. The molecule has 0 fully saturated rings. The highest BCUT2D eigenvalue weighted by Gasteiger charge is 2.14. The van der Waals surface area contributed by atoms with Gasteiger partial charge in [-0.2, -0.15) is 0 Å². The van der Waals surface area contributed by atoms with Gasteiger partial charge < -0.3 is 19.7 Å². The van der Waals surface area contributed by atoms with Crippen LogP contribution in [-0.2, 0) is 4.79 Å². The van der Waals surface area contributed by atoms with Crippen LogP contribution in [0.25, 0.3) is 0 Å². The second kappa shape index (κ2) is 7.88. The van der Waals surface area contributed by atoms with Gasteiger partial charge >= 0.3 is 0 Å². The summed E-state index contributed by atoms with van der Waals surface area (Å²) in [7, 11) is 3.41. The first-order chi connectivity index (χ1) is 9.81. The smallest absolute Gasteiger partial charge is 0.236 e. The molecule has 0 spiro atoms. The number of rotatable bonds is 7. The number of carbonyl (C=O) groups excluding carboxylic acids is 1. The molecule has 0 aliphatic heterocycles. The fourth-order valence-corrected chi connectivity index (χ4v) is 1.57. The number of likely N-dealkylation sites (N-methyl/N-ethyl adjacent to an activating group) is 1. The molecule has 0 aliphatic carbocycles. The van der Waals surface area contributed by atoms with Crippen LogP contribution in [-0.4, -0.2) is 50.2 Å². The van der Waals surface area contributed by atoms with Gasteiger partial charge in [0.15, 0.2) is 0 Å². The molecule has 21 heavy (non-hydrogen) atoms. The Balaban J connectivity index is 2.28. The summed E-state index contributed by atoms with van der Waals surface area (Å²) < 4.78 is 10.7. The van der Waals surface area contributed by atoms with Gasteiger partial charge in [-0.25, -0.2) is 0 Å². The van der Waals surface area contributed by atoms with Crippen molar-refractivity contribution in [3.05, 3.63) is 24.3 Å². The molecular formula is C16H26N2O3. The maximum absolute atomic E-state index is 11.9. The molecule has 0 heterocycles. The van der Waals surface area contributed by atoms with E-state index in [4.69, 9.17) is 9.47 Å². The van der Waals surface area contributed by atoms with E-state index in [0.29, 0.717) is 19.7 Å². The van der Waals surface area contributed by atoms with E-state index in [1.807, 2.05) is 45.0 Å². The molecule has 1 aromatic rings. The zero-order chi connectivity index (χ0) is 15.9. The van der Waals surface area contributed by atoms with Crippen LogP contribution >= 0.6 is 0 Å². The van der Waals surface area contributed by atoms with Crippen LogP contribution in [0.3, 0.4) is 0 Å². The lowest BCUT2D eigenvalue weighted by Crippen LogP contribution is -2.44. The third kappa shape index (κ3) is 6.99. The first-order valence-corrected chi connectivity index (χ1v) is 7.07. The van der Waals surface area contributed by atoms with Crippen LogP contribution in [0.2, 0.25) is 0 Å². The zero-order valence-corrected chi connectivity index (χ0v) is 13.6. The predicted molar refractivity (Wildman–Crippen MR) is 83.9 cm³/mol. The molecule has 0 saturated heterocycles. The summed E-state index contributed by atoms with van der Waals surface area (Å²) in [6.45, 7) is 7.45. The number of hydrogen-bond donors (Lipinski definition) is 1. The average molecular weight is 294 g/mol. The highest BCUT2D eigenvalue weighted by Crippen LogP contribution is 2.16. The first-order valence-electron chi connectivity index (χ1n) is 7.07. The van der Waals surface area contributed by atoms with Crippen molar-refractivity contribution in [1.82, 2.24) is 10.2 Å². The van der Waals surface area contributed by atoms with Crippen LogP contribution < -0.4 is 14.8 Å². The van der Waals surface area contributed by atoms with Crippen molar-refractivity contribution in [1.29, 1.82) is 0 Å². The van der Waals surface area contributed by atoms with E-state index in [0.717, 1.165) is 11.5 Å². The zero-order valence-electron chi connectivity index (χ0n) is 13.6. The summed E-state index contributed by atoms with van der Waals surface area (Å²) >= 11 is 0. The Morgan fingerprint density at radius 2 is 1.76 bits per heavy atom. The van der Waals surface area contributed by atoms with Gasteiger partial charge in [-0.05, 0) is 45.0 Å². The van der Waals surface area contributed by atoms with Crippen molar-refractivity contribution in [2.75, 3.05) is 33.9 Å². The SMILES string of the molecule is COc1ccc(OCCN(C)C(=O)CNC(C)(C)C)cc1. The minimum atomic E-state index is -0.0594. The van der Waals surface area contributed by atoms with E-state index in [2.05, 4.69) is 5.32 Å². The maximum Gasteiger partial charge on any atom is 0.236 e. The lowest BCUT2D eigenvalue weighted by atomic mass is 10.1. The fourth-order valence-electron chi connectivity index (χ4n) is 1.57. The Morgan fingerprint density at radius 3 is 2.29 bits per heavy atom. The topological polar surface area (TPSA) is 50.8 Å². The van der Waals surface area contributed by atoms with Gasteiger partial charge in [0, 0.05) is 12.6 Å². The second-order valence-corrected chi connectivity index (χ2v) is 5.94. The predicted octanol–water partition coefficient (Wildman–Crippen LogP) is 1.92. The molecular weight excluding hydrogens is 268 g/mol. The second-order valence-electron chi connectivity index (χ2n) is 5.94. The summed E-state index contributed by atoms with van der Waals surface area (Å²) in [5, 5.41) is 3.18. The number of carbonyl (C=O) groups is 1. The molecule has 0 radical (unpaired) electrons. The quantitative estimate of drug-likeness (QED) is 0.835. The minimum Gasteiger partial charge on any atom is -0.497 e. The molecule has 0 unspecified atom stereocenters. The summed E-state index contributed by atoms with van der Waals surface area (Å²) in [5.74, 6) is 1.62. The van der Waals surface area contributed by atoms with Crippen LogP contribution in [0.15, 0.2) is 24.3 Å². The number of ether oxygens (including phenoxy) is 2. The van der Waals surface area contributed by atoms with Gasteiger partial charge in [0.05, 0.1) is 20.2 Å². The van der Waals surface area contributed by atoms with Crippen molar-refractivity contribution >= 4 is 5.91 Å². The van der Waals surface area contributed by atoms with Crippen LogP contribution in [0.1, 0.15) is 20.8 Å².